The second-order valence-electron chi connectivity index (χ2n) is 8.57. The van der Waals surface area contributed by atoms with Gasteiger partial charge in [0.15, 0.2) is 6.10 Å². The van der Waals surface area contributed by atoms with Crippen LogP contribution in [-0.4, -0.2) is 20.4 Å². The number of hydrogen-bond acceptors (Lipinski definition) is 4. The van der Waals surface area contributed by atoms with Crippen molar-refractivity contribution in [3.8, 4) is 16.9 Å². The third-order valence-electron chi connectivity index (χ3n) is 5.83. The number of ether oxygens (including phenoxy) is 1. The number of sulfonamides is 1. The summed E-state index contributed by atoms with van der Waals surface area (Å²) in [6.45, 7) is 5.55. The predicted octanol–water partition coefficient (Wildman–Crippen LogP) is 6.18. The summed E-state index contributed by atoms with van der Waals surface area (Å²) >= 11 is 0. The van der Waals surface area contributed by atoms with Crippen LogP contribution in [0.3, 0.4) is 0 Å². The minimum Gasteiger partial charge on any atom is -0.481 e. The van der Waals surface area contributed by atoms with Gasteiger partial charge in [0.2, 0.25) is 0 Å². The highest BCUT2D eigenvalue weighted by atomic mass is 32.2. The van der Waals surface area contributed by atoms with Crippen molar-refractivity contribution in [1.82, 2.24) is 0 Å². The Morgan fingerprint density at radius 1 is 0.750 bits per heavy atom. The second kappa shape index (κ2) is 10.7. The van der Waals surface area contributed by atoms with Crippen LogP contribution in [-0.2, 0) is 14.8 Å². The first-order valence-corrected chi connectivity index (χ1v) is 13.0. The Balaban J connectivity index is 1.35. The number of carbonyl (C=O) groups excluding carboxylic acids is 1. The molecule has 0 aliphatic carbocycles. The van der Waals surface area contributed by atoms with E-state index in [9.17, 15) is 13.2 Å². The number of anilines is 2. The number of carbonyl (C=O) groups is 1. The standard InChI is InChI=1S/C29H28N2O4S/c1-20-9-12-26(19-21(20)2)31-36(33,34)28-17-13-25(14-18-28)30-29(32)22(3)35-27-15-10-24(11-16-27)23-7-5-4-6-8-23/h4-19,22,31H,1-3H3,(H,30,32). The van der Waals surface area contributed by atoms with Gasteiger partial charge in [-0.15, -0.1) is 0 Å². The van der Waals surface area contributed by atoms with E-state index >= 15 is 0 Å². The molecule has 1 amide bonds. The molecule has 1 atom stereocenters. The zero-order chi connectivity index (χ0) is 25.7. The zero-order valence-corrected chi connectivity index (χ0v) is 21.2. The molecule has 0 fully saturated rings. The van der Waals surface area contributed by atoms with Crippen molar-refractivity contribution in [3.63, 3.8) is 0 Å². The van der Waals surface area contributed by atoms with Crippen molar-refractivity contribution in [2.24, 2.45) is 0 Å². The van der Waals surface area contributed by atoms with Crippen LogP contribution in [0.4, 0.5) is 11.4 Å². The van der Waals surface area contributed by atoms with Crippen molar-refractivity contribution in [2.45, 2.75) is 31.8 Å². The highest BCUT2D eigenvalue weighted by Crippen LogP contribution is 2.23. The molecule has 0 heterocycles. The van der Waals surface area contributed by atoms with E-state index in [1.54, 1.807) is 31.2 Å². The van der Waals surface area contributed by atoms with E-state index in [1.807, 2.05) is 74.5 Å². The van der Waals surface area contributed by atoms with Crippen molar-refractivity contribution in [3.05, 3.63) is 108 Å². The Labute approximate surface area is 212 Å². The Morgan fingerprint density at radius 2 is 1.36 bits per heavy atom. The summed E-state index contributed by atoms with van der Waals surface area (Å²) in [5.41, 5.74) is 5.21. The highest BCUT2D eigenvalue weighted by molar-refractivity contribution is 7.92. The fourth-order valence-corrected chi connectivity index (χ4v) is 4.64. The minimum absolute atomic E-state index is 0.0986. The topological polar surface area (TPSA) is 84.5 Å². The summed E-state index contributed by atoms with van der Waals surface area (Å²) in [4.78, 5) is 12.7. The molecule has 0 spiro atoms. The molecule has 0 aromatic heterocycles. The first-order chi connectivity index (χ1) is 17.2. The van der Waals surface area contributed by atoms with Crippen LogP contribution in [0.25, 0.3) is 11.1 Å². The van der Waals surface area contributed by atoms with Crippen LogP contribution >= 0.6 is 0 Å². The first-order valence-electron chi connectivity index (χ1n) is 11.5. The maximum absolute atomic E-state index is 12.7. The minimum atomic E-state index is -3.76. The van der Waals surface area contributed by atoms with Gasteiger partial charge >= 0.3 is 0 Å². The van der Waals surface area contributed by atoms with Gasteiger partial charge in [-0.25, -0.2) is 8.42 Å². The van der Waals surface area contributed by atoms with Crippen LogP contribution in [0.1, 0.15) is 18.1 Å². The van der Waals surface area contributed by atoms with Gasteiger partial charge in [-0.1, -0.05) is 48.5 Å². The monoisotopic (exact) mass is 500 g/mol. The van der Waals surface area contributed by atoms with Gasteiger partial charge in [0.1, 0.15) is 5.75 Å². The number of hydrogen-bond donors (Lipinski definition) is 2. The predicted molar refractivity (Wildman–Crippen MR) is 144 cm³/mol. The molecular formula is C29H28N2O4S. The quantitative estimate of drug-likeness (QED) is 0.303. The molecule has 4 aromatic carbocycles. The normalized spacial score (nSPS) is 12.0. The number of rotatable bonds is 8. The van der Waals surface area contributed by atoms with Crippen LogP contribution < -0.4 is 14.8 Å². The van der Waals surface area contributed by atoms with Crippen LogP contribution in [0.15, 0.2) is 102 Å². The highest BCUT2D eigenvalue weighted by Gasteiger charge is 2.17. The third-order valence-corrected chi connectivity index (χ3v) is 7.23. The molecule has 1 unspecified atom stereocenters. The van der Waals surface area contributed by atoms with E-state index in [2.05, 4.69) is 10.0 Å². The van der Waals surface area contributed by atoms with E-state index in [0.717, 1.165) is 22.3 Å². The van der Waals surface area contributed by atoms with Crippen molar-refractivity contribution in [2.75, 3.05) is 10.0 Å². The van der Waals surface area contributed by atoms with E-state index in [4.69, 9.17) is 4.74 Å². The lowest BCUT2D eigenvalue weighted by Crippen LogP contribution is -2.30. The maximum Gasteiger partial charge on any atom is 0.265 e. The molecular weight excluding hydrogens is 472 g/mol. The average molecular weight is 501 g/mol. The Morgan fingerprint density at radius 3 is 2.00 bits per heavy atom. The van der Waals surface area contributed by atoms with Crippen LogP contribution in [0, 0.1) is 13.8 Å². The lowest BCUT2D eigenvalue weighted by atomic mass is 10.1. The molecule has 2 N–H and O–H groups in total. The lowest BCUT2D eigenvalue weighted by molar-refractivity contribution is -0.122. The zero-order valence-electron chi connectivity index (χ0n) is 20.4. The molecule has 36 heavy (non-hydrogen) atoms. The van der Waals surface area contributed by atoms with E-state index in [0.29, 0.717) is 17.1 Å². The fourth-order valence-electron chi connectivity index (χ4n) is 3.59. The number of benzene rings is 4. The smallest absolute Gasteiger partial charge is 0.265 e. The first kappa shape index (κ1) is 25.0. The SMILES string of the molecule is Cc1ccc(NS(=O)(=O)c2ccc(NC(=O)C(C)Oc3ccc(-c4ccccc4)cc3)cc2)cc1C. The van der Waals surface area contributed by atoms with E-state index in [-0.39, 0.29) is 10.8 Å². The summed E-state index contributed by atoms with van der Waals surface area (Å²) in [6.07, 6.45) is -0.748. The van der Waals surface area contributed by atoms with Gasteiger partial charge in [0.25, 0.3) is 15.9 Å². The largest absolute Gasteiger partial charge is 0.481 e. The number of amides is 1. The van der Waals surface area contributed by atoms with Crippen LogP contribution in [0.2, 0.25) is 0 Å². The molecule has 7 heteroatoms. The third kappa shape index (κ3) is 6.12. The van der Waals surface area contributed by atoms with Gasteiger partial charge in [0.05, 0.1) is 4.90 Å². The summed E-state index contributed by atoms with van der Waals surface area (Å²) in [5.74, 6) is 0.238. The molecule has 0 aliphatic rings. The molecule has 0 saturated heterocycles. The molecule has 0 saturated carbocycles. The Kier molecular flexibility index (Phi) is 7.41. The Bertz CT molecular complexity index is 1450. The van der Waals surface area contributed by atoms with Crippen LogP contribution in [0.5, 0.6) is 5.75 Å². The average Bonchev–Trinajstić information content (AvgIpc) is 2.87. The van der Waals surface area contributed by atoms with Crippen molar-refractivity contribution >= 4 is 27.3 Å². The molecule has 0 aliphatic heterocycles. The summed E-state index contributed by atoms with van der Waals surface area (Å²) < 4.78 is 33.8. The van der Waals surface area contributed by atoms with Crippen molar-refractivity contribution in [1.29, 1.82) is 0 Å². The van der Waals surface area contributed by atoms with Gasteiger partial charge < -0.3 is 10.1 Å². The maximum atomic E-state index is 12.7. The lowest BCUT2D eigenvalue weighted by Gasteiger charge is -2.15. The van der Waals surface area contributed by atoms with Gasteiger partial charge in [-0.05, 0) is 91.6 Å². The number of nitrogens with one attached hydrogen (secondary N) is 2. The summed E-state index contributed by atoms with van der Waals surface area (Å²) in [7, 11) is -3.76. The van der Waals surface area contributed by atoms with Gasteiger partial charge in [-0.3, -0.25) is 9.52 Å². The van der Waals surface area contributed by atoms with E-state index in [1.165, 1.54) is 12.1 Å². The second-order valence-corrected chi connectivity index (χ2v) is 10.3. The fraction of sp³-hybridized carbons (Fsp3) is 0.138. The van der Waals surface area contributed by atoms with E-state index < -0.39 is 16.1 Å². The molecule has 184 valence electrons. The Hall–Kier alpha value is -4.10. The molecule has 0 bridgehead atoms. The van der Waals surface area contributed by atoms with Crippen molar-refractivity contribution < 1.29 is 17.9 Å². The summed E-state index contributed by atoms with van der Waals surface area (Å²) in [6, 6.07) is 28.9. The van der Waals surface area contributed by atoms with Gasteiger partial charge in [-0.2, -0.15) is 0 Å². The number of aryl methyl sites for hydroxylation is 2. The molecule has 6 nitrogen and oxygen atoms in total. The molecule has 0 radical (unpaired) electrons. The summed E-state index contributed by atoms with van der Waals surface area (Å²) in [5, 5.41) is 2.76. The molecule has 4 rings (SSSR count). The van der Waals surface area contributed by atoms with Gasteiger partial charge in [0, 0.05) is 11.4 Å². The molecule has 4 aromatic rings.